The second-order valence-corrected chi connectivity index (χ2v) is 7.63. The molecule has 7 nitrogen and oxygen atoms in total. The highest BCUT2D eigenvalue weighted by molar-refractivity contribution is 5.99. The number of hydrazone groups is 1. The van der Waals surface area contributed by atoms with Gasteiger partial charge in [0, 0.05) is 29.9 Å². The van der Waals surface area contributed by atoms with Crippen molar-refractivity contribution in [3.8, 4) is 11.5 Å². The second kappa shape index (κ2) is 8.73. The van der Waals surface area contributed by atoms with Crippen molar-refractivity contribution in [2.45, 2.75) is 51.1 Å². The van der Waals surface area contributed by atoms with Gasteiger partial charge in [-0.3, -0.25) is 4.79 Å². The average molecular weight is 415 g/mol. The molecule has 2 aliphatic rings. The van der Waals surface area contributed by atoms with Crippen LogP contribution in [-0.4, -0.2) is 33.3 Å². The zero-order chi connectivity index (χ0) is 21.1. The molecule has 1 fully saturated rings. The monoisotopic (exact) mass is 415 g/mol. The van der Waals surface area contributed by atoms with Crippen molar-refractivity contribution in [3.05, 3.63) is 47.4 Å². The third kappa shape index (κ3) is 3.96. The quantitative estimate of drug-likeness (QED) is 0.436. The molecule has 4 rings (SSSR count). The van der Waals surface area contributed by atoms with Gasteiger partial charge in [-0.15, -0.1) is 10.2 Å². The van der Waals surface area contributed by atoms with Crippen LogP contribution in [0, 0.1) is 5.92 Å². The van der Waals surface area contributed by atoms with E-state index in [9.17, 15) is 13.6 Å². The molecule has 1 aromatic heterocycles. The van der Waals surface area contributed by atoms with Crippen LogP contribution in [0.4, 0.5) is 8.78 Å². The molecular weight excluding hydrogens is 392 g/mol. The van der Waals surface area contributed by atoms with E-state index in [1.54, 1.807) is 18.3 Å². The van der Waals surface area contributed by atoms with E-state index in [1.165, 1.54) is 0 Å². The minimum absolute atomic E-state index is 0.0124. The predicted molar refractivity (Wildman–Crippen MR) is 107 cm³/mol. The van der Waals surface area contributed by atoms with E-state index in [2.05, 4.69) is 15.3 Å². The Labute approximate surface area is 172 Å². The van der Waals surface area contributed by atoms with E-state index in [4.69, 9.17) is 10.3 Å². The van der Waals surface area contributed by atoms with E-state index >= 15 is 0 Å². The Kier molecular flexibility index (Phi) is 5.87. The zero-order valence-electron chi connectivity index (χ0n) is 16.4. The number of hydrogen-bond donors (Lipinski definition) is 1. The van der Waals surface area contributed by atoms with Gasteiger partial charge >= 0.3 is 6.43 Å². The Morgan fingerprint density at radius 1 is 1.30 bits per heavy atom. The molecule has 2 N–H and O–H groups in total. The summed E-state index contributed by atoms with van der Waals surface area (Å²) in [4.78, 5) is 15.1. The van der Waals surface area contributed by atoms with Crippen molar-refractivity contribution in [2.75, 3.05) is 0 Å². The van der Waals surface area contributed by atoms with Gasteiger partial charge in [-0.1, -0.05) is 25.0 Å². The van der Waals surface area contributed by atoms with Gasteiger partial charge in [0.2, 0.25) is 5.89 Å². The number of fused-ring (bicyclic) bond motifs is 1. The number of allylic oxidation sites excluding steroid dienone is 2. The van der Waals surface area contributed by atoms with Gasteiger partial charge in [-0.2, -0.15) is 13.9 Å². The first-order valence-electron chi connectivity index (χ1n) is 10.0. The lowest BCUT2D eigenvalue weighted by atomic mass is 9.81. The summed E-state index contributed by atoms with van der Waals surface area (Å²) in [5.74, 6) is 4.73. The lowest BCUT2D eigenvalue weighted by molar-refractivity contribution is 0.0562. The third-order valence-corrected chi connectivity index (χ3v) is 5.83. The summed E-state index contributed by atoms with van der Waals surface area (Å²) < 4.78 is 30.5. The molecular formula is C21H23F2N5O2. The molecule has 0 radical (unpaired) electrons. The normalized spacial score (nSPS) is 22.0. The van der Waals surface area contributed by atoms with E-state index in [0.717, 1.165) is 37.7 Å². The summed E-state index contributed by atoms with van der Waals surface area (Å²) in [6.07, 6.45) is 7.75. The molecule has 0 bridgehead atoms. The Hall–Kier alpha value is -3.10. The molecule has 0 unspecified atom stereocenters. The number of carbonyl (C=O) groups is 1. The van der Waals surface area contributed by atoms with Crippen molar-refractivity contribution in [1.29, 1.82) is 0 Å². The van der Waals surface area contributed by atoms with Gasteiger partial charge < -0.3 is 15.2 Å². The molecule has 1 saturated carbocycles. The summed E-state index contributed by atoms with van der Waals surface area (Å²) in [6.45, 7) is 0.551. The van der Waals surface area contributed by atoms with Crippen LogP contribution >= 0.6 is 0 Å². The molecule has 0 spiro atoms. The molecule has 9 heteroatoms. The average Bonchev–Trinajstić information content (AvgIpc) is 3.37. The van der Waals surface area contributed by atoms with Gasteiger partial charge in [0.1, 0.15) is 0 Å². The fourth-order valence-corrected chi connectivity index (χ4v) is 4.40. The highest BCUT2D eigenvalue weighted by atomic mass is 19.3. The van der Waals surface area contributed by atoms with Gasteiger partial charge in [0.05, 0.1) is 0 Å². The van der Waals surface area contributed by atoms with Crippen LogP contribution in [0.25, 0.3) is 11.5 Å². The van der Waals surface area contributed by atoms with Crippen molar-refractivity contribution in [1.82, 2.24) is 15.1 Å². The van der Waals surface area contributed by atoms with E-state index < -0.39 is 12.3 Å². The molecule has 1 aliphatic heterocycles. The number of halogens is 2. The lowest BCUT2D eigenvalue weighted by Crippen LogP contribution is -2.42. The Morgan fingerprint density at radius 2 is 2.13 bits per heavy atom. The SMILES string of the molecule is N/N=C\C=C/C[C@@H]1CCCC[C@H]1N1Cc2ccc(-c3nnc(C(F)F)o3)cc2C1=O. The highest BCUT2D eigenvalue weighted by Gasteiger charge is 2.37. The zero-order valence-corrected chi connectivity index (χ0v) is 16.4. The largest absolute Gasteiger partial charge is 0.415 e. The molecule has 2 aromatic rings. The molecule has 1 aliphatic carbocycles. The van der Waals surface area contributed by atoms with Gasteiger partial charge in [-0.05, 0) is 49.0 Å². The van der Waals surface area contributed by atoms with Crippen LogP contribution in [0.15, 0.2) is 39.9 Å². The summed E-state index contributed by atoms with van der Waals surface area (Å²) in [7, 11) is 0. The fraction of sp³-hybridized carbons (Fsp3) is 0.429. The summed E-state index contributed by atoms with van der Waals surface area (Å²) >= 11 is 0. The van der Waals surface area contributed by atoms with Crippen molar-refractivity contribution >= 4 is 12.1 Å². The highest BCUT2D eigenvalue weighted by Crippen LogP contribution is 2.37. The van der Waals surface area contributed by atoms with Crippen molar-refractivity contribution < 1.29 is 18.0 Å². The first-order valence-corrected chi connectivity index (χ1v) is 10.0. The number of aromatic nitrogens is 2. The maximum Gasteiger partial charge on any atom is 0.314 e. The fourth-order valence-electron chi connectivity index (χ4n) is 4.40. The van der Waals surface area contributed by atoms with Gasteiger partial charge in [0.25, 0.3) is 11.8 Å². The van der Waals surface area contributed by atoms with Crippen molar-refractivity contribution in [2.24, 2.45) is 16.9 Å². The minimum atomic E-state index is -2.83. The predicted octanol–water partition coefficient (Wildman–Crippen LogP) is 4.08. The number of nitrogens with two attached hydrogens (primary N) is 1. The molecule has 1 amide bonds. The van der Waals surface area contributed by atoms with Crippen LogP contribution in [0.3, 0.4) is 0 Å². The number of nitrogens with zero attached hydrogens (tertiary/aromatic N) is 4. The van der Waals surface area contributed by atoms with Crippen LogP contribution in [-0.2, 0) is 6.54 Å². The number of carbonyl (C=O) groups excluding carboxylic acids is 1. The summed E-state index contributed by atoms with van der Waals surface area (Å²) in [6, 6.07) is 5.39. The Balaban J connectivity index is 1.53. The number of hydrogen-bond acceptors (Lipinski definition) is 6. The topological polar surface area (TPSA) is 97.6 Å². The Morgan fingerprint density at radius 3 is 2.90 bits per heavy atom. The minimum Gasteiger partial charge on any atom is -0.415 e. The molecule has 0 saturated heterocycles. The van der Waals surface area contributed by atoms with E-state index in [1.807, 2.05) is 23.1 Å². The summed E-state index contributed by atoms with van der Waals surface area (Å²) in [5.41, 5.74) is 1.96. The number of amides is 1. The van der Waals surface area contributed by atoms with Crippen LogP contribution in [0.5, 0.6) is 0 Å². The summed E-state index contributed by atoms with van der Waals surface area (Å²) in [5, 5.41) is 10.5. The lowest BCUT2D eigenvalue weighted by Gasteiger charge is -2.37. The smallest absolute Gasteiger partial charge is 0.314 e. The molecule has 1 aromatic carbocycles. The molecule has 158 valence electrons. The maximum atomic E-state index is 13.2. The third-order valence-electron chi connectivity index (χ3n) is 5.83. The first-order chi connectivity index (χ1) is 14.6. The standard InChI is InChI=1S/C21H23F2N5O2/c22-18(23)20-27-26-19(30-20)14-8-9-15-12-28(21(29)16(15)11-14)17-7-2-1-5-13(17)6-3-4-10-25-24/h3-4,8-11,13,17-18H,1-2,5-7,12,24H2/b4-3-,25-10-/t13-,17+/m0/s1. The van der Waals surface area contributed by atoms with Gasteiger partial charge in [-0.25, -0.2) is 0 Å². The first kappa shape index (κ1) is 20.2. The van der Waals surface area contributed by atoms with Crippen LogP contribution in [0.1, 0.15) is 60.3 Å². The van der Waals surface area contributed by atoms with Gasteiger partial charge in [0.15, 0.2) is 0 Å². The molecule has 30 heavy (non-hydrogen) atoms. The Bertz CT molecular complexity index is 972. The van der Waals surface area contributed by atoms with Crippen LogP contribution in [0.2, 0.25) is 0 Å². The molecule has 2 atom stereocenters. The number of benzene rings is 1. The van der Waals surface area contributed by atoms with E-state index in [0.29, 0.717) is 23.6 Å². The maximum absolute atomic E-state index is 13.2. The molecule has 2 heterocycles. The van der Waals surface area contributed by atoms with Crippen LogP contribution < -0.4 is 5.84 Å². The van der Waals surface area contributed by atoms with E-state index in [-0.39, 0.29) is 17.8 Å². The number of rotatable bonds is 6. The second-order valence-electron chi connectivity index (χ2n) is 7.63. The number of alkyl halides is 2. The van der Waals surface area contributed by atoms with Crippen molar-refractivity contribution in [3.63, 3.8) is 0 Å².